The number of halogens is 1. The molecule has 7 heteroatoms. The molecular weight excluding hydrogens is 417 g/mol. The van der Waals surface area contributed by atoms with Crippen molar-refractivity contribution in [1.82, 2.24) is 14.9 Å². The van der Waals surface area contributed by atoms with E-state index < -0.39 is 0 Å². The fourth-order valence-electron chi connectivity index (χ4n) is 4.88. The van der Waals surface area contributed by atoms with E-state index in [4.69, 9.17) is 4.74 Å². The SMILES string of the molecule is CC(C)N1CN(C)c2cnc3cc(F)c(-c4ccc(OCCCN5CCCC5)nc4)cc3c21. The number of nitrogens with zero attached hydrogens (tertiary/aromatic N) is 5. The minimum Gasteiger partial charge on any atom is -0.478 e. The van der Waals surface area contributed by atoms with Crippen LogP contribution >= 0.6 is 0 Å². The van der Waals surface area contributed by atoms with E-state index in [0.29, 0.717) is 29.6 Å². The highest BCUT2D eigenvalue weighted by molar-refractivity contribution is 6.02. The summed E-state index contributed by atoms with van der Waals surface area (Å²) in [6.45, 7) is 9.26. The molecule has 4 heterocycles. The van der Waals surface area contributed by atoms with Crippen LogP contribution in [0.1, 0.15) is 33.1 Å². The summed E-state index contributed by atoms with van der Waals surface area (Å²) in [6.07, 6.45) is 7.14. The highest BCUT2D eigenvalue weighted by Gasteiger charge is 2.28. The maximum atomic E-state index is 15.1. The number of fused-ring (bicyclic) bond motifs is 3. The normalized spacial score (nSPS) is 16.3. The zero-order valence-corrected chi connectivity index (χ0v) is 19.7. The topological polar surface area (TPSA) is 44.7 Å². The van der Waals surface area contributed by atoms with Crippen LogP contribution < -0.4 is 14.5 Å². The van der Waals surface area contributed by atoms with E-state index in [9.17, 15) is 0 Å². The average Bonchev–Trinajstić information content (AvgIpc) is 3.45. The van der Waals surface area contributed by atoms with Gasteiger partial charge in [-0.05, 0) is 58.3 Å². The van der Waals surface area contributed by atoms with Crippen molar-refractivity contribution in [2.24, 2.45) is 0 Å². The molecule has 174 valence electrons. The molecule has 0 saturated carbocycles. The first kappa shape index (κ1) is 21.9. The van der Waals surface area contributed by atoms with Gasteiger partial charge >= 0.3 is 0 Å². The summed E-state index contributed by atoms with van der Waals surface area (Å²) in [4.78, 5) is 16.0. The first-order valence-electron chi connectivity index (χ1n) is 11.9. The molecule has 1 fully saturated rings. The molecule has 0 atom stereocenters. The maximum Gasteiger partial charge on any atom is 0.213 e. The monoisotopic (exact) mass is 449 g/mol. The van der Waals surface area contributed by atoms with Gasteiger partial charge in [0.1, 0.15) is 5.82 Å². The molecule has 0 bridgehead atoms. The van der Waals surface area contributed by atoms with Crippen molar-refractivity contribution >= 4 is 22.3 Å². The third kappa shape index (κ3) is 4.34. The number of aromatic nitrogens is 2. The molecule has 1 aromatic carbocycles. The number of likely N-dealkylation sites (tertiary alicyclic amines) is 1. The van der Waals surface area contributed by atoms with E-state index in [1.165, 1.54) is 32.0 Å². The Balaban J connectivity index is 1.37. The number of benzene rings is 1. The van der Waals surface area contributed by atoms with E-state index in [0.717, 1.165) is 42.0 Å². The maximum absolute atomic E-state index is 15.1. The Morgan fingerprint density at radius 3 is 2.64 bits per heavy atom. The second-order valence-corrected chi connectivity index (χ2v) is 9.38. The van der Waals surface area contributed by atoms with Crippen LogP contribution in [-0.2, 0) is 0 Å². The van der Waals surface area contributed by atoms with Gasteiger partial charge in [0.2, 0.25) is 5.88 Å². The minimum atomic E-state index is -0.293. The molecule has 5 rings (SSSR count). The van der Waals surface area contributed by atoms with Crippen LogP contribution in [0.5, 0.6) is 5.88 Å². The quantitative estimate of drug-likeness (QED) is 0.477. The molecule has 0 aliphatic carbocycles. The van der Waals surface area contributed by atoms with Crippen molar-refractivity contribution in [2.45, 2.75) is 39.2 Å². The van der Waals surface area contributed by atoms with Crippen LogP contribution in [0.4, 0.5) is 15.8 Å². The number of hydrogen-bond acceptors (Lipinski definition) is 6. The molecule has 3 aromatic rings. The van der Waals surface area contributed by atoms with Crippen molar-refractivity contribution in [1.29, 1.82) is 0 Å². The van der Waals surface area contributed by atoms with Crippen molar-refractivity contribution in [3.05, 3.63) is 42.5 Å². The summed E-state index contributed by atoms with van der Waals surface area (Å²) < 4.78 is 20.9. The number of ether oxygens (including phenoxy) is 1. The zero-order valence-electron chi connectivity index (χ0n) is 19.7. The third-order valence-corrected chi connectivity index (χ3v) is 6.71. The molecule has 6 nitrogen and oxygen atoms in total. The summed E-state index contributed by atoms with van der Waals surface area (Å²) in [5.74, 6) is 0.287. The van der Waals surface area contributed by atoms with Gasteiger partial charge in [-0.3, -0.25) is 4.98 Å². The van der Waals surface area contributed by atoms with Crippen molar-refractivity contribution in [3.63, 3.8) is 0 Å². The lowest BCUT2D eigenvalue weighted by atomic mass is 10.0. The predicted octanol–water partition coefficient (Wildman–Crippen LogP) is 4.92. The lowest BCUT2D eigenvalue weighted by Crippen LogP contribution is -2.33. The second-order valence-electron chi connectivity index (χ2n) is 9.38. The Kier molecular flexibility index (Phi) is 6.06. The summed E-state index contributed by atoms with van der Waals surface area (Å²) in [7, 11) is 2.06. The van der Waals surface area contributed by atoms with E-state index in [1.807, 2.05) is 24.4 Å². The Morgan fingerprint density at radius 1 is 1.09 bits per heavy atom. The van der Waals surface area contributed by atoms with E-state index in [-0.39, 0.29) is 5.82 Å². The smallest absolute Gasteiger partial charge is 0.213 e. The fourth-order valence-corrected chi connectivity index (χ4v) is 4.88. The van der Waals surface area contributed by atoms with Gasteiger partial charge in [-0.25, -0.2) is 9.37 Å². The van der Waals surface area contributed by atoms with Crippen LogP contribution in [-0.4, -0.2) is 60.9 Å². The Hall–Kier alpha value is -2.93. The van der Waals surface area contributed by atoms with Crippen LogP contribution in [0, 0.1) is 5.82 Å². The molecule has 0 unspecified atom stereocenters. The molecule has 33 heavy (non-hydrogen) atoms. The van der Waals surface area contributed by atoms with Gasteiger partial charge in [-0.1, -0.05) is 0 Å². The molecule has 2 aromatic heterocycles. The molecule has 2 aliphatic heterocycles. The van der Waals surface area contributed by atoms with Crippen LogP contribution in [0.3, 0.4) is 0 Å². The van der Waals surface area contributed by atoms with E-state index >= 15 is 4.39 Å². The molecule has 0 N–H and O–H groups in total. The van der Waals surface area contributed by atoms with Crippen LogP contribution in [0.25, 0.3) is 22.0 Å². The van der Waals surface area contributed by atoms with Crippen molar-refractivity contribution < 1.29 is 9.13 Å². The minimum absolute atomic E-state index is 0.293. The number of hydrogen-bond donors (Lipinski definition) is 0. The average molecular weight is 450 g/mol. The first-order chi connectivity index (χ1) is 16.0. The van der Waals surface area contributed by atoms with Gasteiger partial charge in [-0.2, -0.15) is 0 Å². The molecule has 1 saturated heterocycles. The van der Waals surface area contributed by atoms with Crippen molar-refractivity contribution in [3.8, 4) is 17.0 Å². The largest absolute Gasteiger partial charge is 0.478 e. The predicted molar refractivity (Wildman–Crippen MR) is 132 cm³/mol. The van der Waals surface area contributed by atoms with Crippen LogP contribution in [0.15, 0.2) is 36.7 Å². The Bertz CT molecular complexity index is 1130. The van der Waals surface area contributed by atoms with E-state index in [1.54, 1.807) is 6.20 Å². The molecule has 2 aliphatic rings. The third-order valence-electron chi connectivity index (χ3n) is 6.71. The van der Waals surface area contributed by atoms with Crippen molar-refractivity contribution in [2.75, 3.05) is 49.8 Å². The molecular formula is C26H32FN5O. The highest BCUT2D eigenvalue weighted by Crippen LogP contribution is 2.42. The van der Waals surface area contributed by atoms with Gasteiger partial charge in [0.15, 0.2) is 0 Å². The van der Waals surface area contributed by atoms with Gasteiger partial charge < -0.3 is 19.4 Å². The second kappa shape index (κ2) is 9.14. The zero-order chi connectivity index (χ0) is 22.9. The van der Waals surface area contributed by atoms with Gasteiger partial charge in [0, 0.05) is 54.5 Å². The number of rotatable bonds is 7. The summed E-state index contributed by atoms with van der Waals surface area (Å²) in [5, 5.41) is 0.962. The number of anilines is 2. The Labute approximate surface area is 195 Å². The summed E-state index contributed by atoms with van der Waals surface area (Å²) in [6, 6.07) is 7.49. The molecule has 0 radical (unpaired) electrons. The standard InChI is InChI=1S/C26H32FN5O/c1-18(2)32-17-30(3)24-16-28-23-14-22(27)20(13-21(23)26(24)32)19-7-8-25(29-15-19)33-12-6-11-31-9-4-5-10-31/h7-8,13-16,18H,4-6,9-12,17H2,1-3H3. The van der Waals surface area contributed by atoms with Gasteiger partial charge in [0.05, 0.1) is 36.4 Å². The van der Waals surface area contributed by atoms with Gasteiger partial charge in [-0.15, -0.1) is 0 Å². The highest BCUT2D eigenvalue weighted by atomic mass is 19.1. The summed E-state index contributed by atoms with van der Waals surface area (Å²) >= 11 is 0. The van der Waals surface area contributed by atoms with E-state index in [2.05, 4.69) is 45.6 Å². The Morgan fingerprint density at radius 2 is 1.91 bits per heavy atom. The lowest BCUT2D eigenvalue weighted by Gasteiger charge is -2.24. The molecule has 0 spiro atoms. The molecule has 0 amide bonds. The van der Waals surface area contributed by atoms with Crippen LogP contribution in [0.2, 0.25) is 0 Å². The first-order valence-corrected chi connectivity index (χ1v) is 11.9. The summed E-state index contributed by atoms with van der Waals surface area (Å²) in [5.41, 5.74) is 4.12. The number of pyridine rings is 2. The van der Waals surface area contributed by atoms with Gasteiger partial charge in [0.25, 0.3) is 0 Å². The fraction of sp³-hybridized carbons (Fsp3) is 0.462. The lowest BCUT2D eigenvalue weighted by molar-refractivity contribution is 0.257.